The summed E-state index contributed by atoms with van der Waals surface area (Å²) in [6.07, 6.45) is 3.54. The van der Waals surface area contributed by atoms with Crippen LogP contribution in [0.2, 0.25) is 0 Å². The third-order valence-corrected chi connectivity index (χ3v) is 2.67. The molecule has 1 aliphatic rings. The smallest absolute Gasteiger partial charge is 0.250 e. The average Bonchev–Trinajstić information content (AvgIpc) is 2.92. The van der Waals surface area contributed by atoms with E-state index in [1.165, 1.54) is 12.8 Å². The van der Waals surface area contributed by atoms with Crippen molar-refractivity contribution in [2.45, 2.75) is 19.3 Å². The zero-order valence-corrected chi connectivity index (χ0v) is 7.99. The molecule has 1 saturated carbocycles. The van der Waals surface area contributed by atoms with Crippen molar-refractivity contribution in [2.75, 3.05) is 5.73 Å². The molecule has 0 radical (unpaired) electrons. The van der Waals surface area contributed by atoms with Crippen molar-refractivity contribution >= 4 is 11.6 Å². The summed E-state index contributed by atoms with van der Waals surface area (Å²) in [5, 5.41) is 0. The highest BCUT2D eigenvalue weighted by atomic mass is 16.1. The van der Waals surface area contributed by atoms with Crippen LogP contribution in [0.1, 0.15) is 28.8 Å². The first-order valence-corrected chi connectivity index (χ1v) is 4.85. The Hall–Kier alpha value is -1.51. The van der Waals surface area contributed by atoms with Gasteiger partial charge in [0, 0.05) is 5.69 Å². The van der Waals surface area contributed by atoms with Crippen LogP contribution in [0.5, 0.6) is 0 Å². The Balaban J connectivity index is 2.30. The van der Waals surface area contributed by atoms with Gasteiger partial charge in [0.05, 0.1) is 5.56 Å². The third kappa shape index (κ3) is 1.71. The van der Waals surface area contributed by atoms with E-state index in [0.717, 1.165) is 17.9 Å². The molecule has 1 fully saturated rings. The molecule has 0 atom stereocenters. The van der Waals surface area contributed by atoms with Crippen LogP contribution in [-0.2, 0) is 6.42 Å². The van der Waals surface area contributed by atoms with Crippen molar-refractivity contribution in [3.05, 3.63) is 29.3 Å². The van der Waals surface area contributed by atoms with E-state index in [4.69, 9.17) is 11.5 Å². The summed E-state index contributed by atoms with van der Waals surface area (Å²) in [7, 11) is 0. The van der Waals surface area contributed by atoms with E-state index < -0.39 is 5.91 Å². The van der Waals surface area contributed by atoms with Gasteiger partial charge in [-0.25, -0.2) is 0 Å². The Morgan fingerprint density at radius 3 is 2.71 bits per heavy atom. The number of rotatable bonds is 3. The van der Waals surface area contributed by atoms with Crippen molar-refractivity contribution in [1.82, 2.24) is 0 Å². The van der Waals surface area contributed by atoms with E-state index in [1.54, 1.807) is 6.07 Å². The lowest BCUT2D eigenvalue weighted by Crippen LogP contribution is -2.14. The fraction of sp³-hybridized carbons (Fsp3) is 0.364. The van der Waals surface area contributed by atoms with Crippen LogP contribution in [-0.4, -0.2) is 5.91 Å². The fourth-order valence-corrected chi connectivity index (χ4v) is 1.64. The minimum Gasteiger partial charge on any atom is -0.398 e. The van der Waals surface area contributed by atoms with Gasteiger partial charge in [-0.2, -0.15) is 0 Å². The molecule has 3 heteroatoms. The maximum Gasteiger partial charge on any atom is 0.250 e. The van der Waals surface area contributed by atoms with E-state index in [2.05, 4.69) is 0 Å². The number of benzene rings is 1. The molecule has 0 unspecified atom stereocenters. The second-order valence-corrected chi connectivity index (χ2v) is 3.89. The molecule has 0 saturated heterocycles. The summed E-state index contributed by atoms with van der Waals surface area (Å²) in [4.78, 5) is 11.0. The number of nitrogens with two attached hydrogens (primary N) is 2. The van der Waals surface area contributed by atoms with Crippen molar-refractivity contribution in [1.29, 1.82) is 0 Å². The van der Waals surface area contributed by atoms with Gasteiger partial charge in [0.25, 0.3) is 5.91 Å². The van der Waals surface area contributed by atoms with Crippen LogP contribution in [0.15, 0.2) is 18.2 Å². The number of primary amides is 1. The van der Waals surface area contributed by atoms with Crippen LogP contribution in [0, 0.1) is 5.92 Å². The number of para-hydroxylation sites is 1. The van der Waals surface area contributed by atoms with Gasteiger partial charge >= 0.3 is 0 Å². The summed E-state index contributed by atoms with van der Waals surface area (Å²) >= 11 is 0. The number of nitrogen functional groups attached to an aromatic ring is 1. The van der Waals surface area contributed by atoms with Crippen LogP contribution in [0.3, 0.4) is 0 Å². The molecule has 0 aromatic heterocycles. The molecule has 74 valence electrons. The van der Waals surface area contributed by atoms with Gasteiger partial charge in [0.2, 0.25) is 0 Å². The Kier molecular flexibility index (Phi) is 2.15. The lowest BCUT2D eigenvalue weighted by Gasteiger charge is -2.07. The molecule has 1 aromatic carbocycles. The second-order valence-electron chi connectivity index (χ2n) is 3.89. The number of hydrogen-bond donors (Lipinski definition) is 2. The van der Waals surface area contributed by atoms with Gasteiger partial charge in [-0.15, -0.1) is 0 Å². The molecule has 2 rings (SSSR count). The van der Waals surface area contributed by atoms with Gasteiger partial charge in [-0.3, -0.25) is 4.79 Å². The highest BCUT2D eigenvalue weighted by Crippen LogP contribution is 2.34. The molecule has 0 aliphatic heterocycles. The largest absolute Gasteiger partial charge is 0.398 e. The van der Waals surface area contributed by atoms with Crippen molar-refractivity contribution in [2.24, 2.45) is 11.7 Å². The Bertz CT molecular complexity index is 370. The van der Waals surface area contributed by atoms with Gasteiger partial charge < -0.3 is 11.5 Å². The van der Waals surface area contributed by atoms with Gasteiger partial charge in [-0.05, 0) is 36.8 Å². The lowest BCUT2D eigenvalue weighted by atomic mass is 10.0. The molecule has 14 heavy (non-hydrogen) atoms. The SMILES string of the molecule is NC(=O)c1cccc(CC2CC2)c1N. The van der Waals surface area contributed by atoms with Gasteiger partial charge in [0.15, 0.2) is 0 Å². The molecular weight excluding hydrogens is 176 g/mol. The Morgan fingerprint density at radius 1 is 1.43 bits per heavy atom. The average molecular weight is 190 g/mol. The van der Waals surface area contributed by atoms with Crippen LogP contribution >= 0.6 is 0 Å². The quantitative estimate of drug-likeness (QED) is 0.706. The summed E-state index contributed by atoms with van der Waals surface area (Å²) in [5.74, 6) is 0.320. The molecular formula is C11H14N2O. The Morgan fingerprint density at radius 2 is 2.14 bits per heavy atom. The normalized spacial score (nSPS) is 15.4. The van der Waals surface area contributed by atoms with Crippen molar-refractivity contribution in [3.8, 4) is 0 Å². The molecule has 0 heterocycles. The highest BCUT2D eigenvalue weighted by Gasteiger charge is 2.23. The first kappa shape index (κ1) is 9.06. The topological polar surface area (TPSA) is 69.1 Å². The summed E-state index contributed by atoms with van der Waals surface area (Å²) in [6.45, 7) is 0. The standard InChI is InChI=1S/C11H14N2O/c12-10-8(6-7-4-5-7)2-1-3-9(10)11(13)14/h1-3,7H,4-6,12H2,(H2,13,14). The predicted molar refractivity (Wildman–Crippen MR) is 55.8 cm³/mol. The number of anilines is 1. The molecule has 4 N–H and O–H groups in total. The van der Waals surface area contributed by atoms with Crippen molar-refractivity contribution < 1.29 is 4.79 Å². The number of amides is 1. The lowest BCUT2D eigenvalue weighted by molar-refractivity contribution is 0.100. The highest BCUT2D eigenvalue weighted by molar-refractivity contribution is 5.98. The zero-order chi connectivity index (χ0) is 10.1. The van der Waals surface area contributed by atoms with Gasteiger partial charge in [-0.1, -0.05) is 12.1 Å². The summed E-state index contributed by atoms with van der Waals surface area (Å²) < 4.78 is 0. The first-order valence-electron chi connectivity index (χ1n) is 4.85. The molecule has 1 amide bonds. The number of carbonyl (C=O) groups excluding carboxylic acids is 1. The molecule has 0 bridgehead atoms. The number of carbonyl (C=O) groups is 1. The monoisotopic (exact) mass is 190 g/mol. The van der Waals surface area contributed by atoms with E-state index >= 15 is 0 Å². The first-order chi connectivity index (χ1) is 6.68. The molecule has 1 aliphatic carbocycles. The van der Waals surface area contributed by atoms with E-state index in [-0.39, 0.29) is 0 Å². The van der Waals surface area contributed by atoms with Crippen LogP contribution < -0.4 is 11.5 Å². The molecule has 3 nitrogen and oxygen atoms in total. The second kappa shape index (κ2) is 3.33. The van der Waals surface area contributed by atoms with E-state index in [1.807, 2.05) is 12.1 Å². The fourth-order valence-electron chi connectivity index (χ4n) is 1.64. The number of hydrogen-bond acceptors (Lipinski definition) is 2. The third-order valence-electron chi connectivity index (χ3n) is 2.67. The summed E-state index contributed by atoms with van der Waals surface area (Å²) in [6, 6.07) is 5.49. The minimum absolute atomic E-state index is 0.444. The van der Waals surface area contributed by atoms with Gasteiger partial charge in [0.1, 0.15) is 0 Å². The summed E-state index contributed by atoms with van der Waals surface area (Å²) in [5.41, 5.74) is 13.1. The zero-order valence-electron chi connectivity index (χ0n) is 7.99. The minimum atomic E-state index is -0.444. The van der Waals surface area contributed by atoms with E-state index in [0.29, 0.717) is 11.3 Å². The molecule has 0 spiro atoms. The predicted octanol–water partition coefficient (Wildman–Crippen LogP) is 1.32. The van der Waals surface area contributed by atoms with Crippen LogP contribution in [0.25, 0.3) is 0 Å². The molecule has 1 aromatic rings. The van der Waals surface area contributed by atoms with E-state index in [9.17, 15) is 4.79 Å². The van der Waals surface area contributed by atoms with Crippen LogP contribution in [0.4, 0.5) is 5.69 Å². The Labute approximate surface area is 83.1 Å². The maximum atomic E-state index is 11.0. The van der Waals surface area contributed by atoms with Crippen molar-refractivity contribution in [3.63, 3.8) is 0 Å². The maximum absolute atomic E-state index is 11.0.